The summed E-state index contributed by atoms with van der Waals surface area (Å²) in [5.74, 6) is 0.190. The van der Waals surface area contributed by atoms with Gasteiger partial charge < -0.3 is 23.7 Å². The van der Waals surface area contributed by atoms with E-state index in [-0.39, 0.29) is 41.8 Å². The molecule has 10 atom stereocenters. The van der Waals surface area contributed by atoms with Gasteiger partial charge in [-0.1, -0.05) is 49.7 Å². The molecular formula is C38H42Cl2O7. The Bertz CT molecular complexity index is 1570. The molecule has 9 heteroatoms. The summed E-state index contributed by atoms with van der Waals surface area (Å²) in [5.41, 5.74) is 0.849. The number of ether oxygens (including phenoxy) is 5. The predicted octanol–water partition coefficient (Wildman–Crippen LogP) is 8.10. The Morgan fingerprint density at radius 2 is 1.64 bits per heavy atom. The van der Waals surface area contributed by atoms with Crippen molar-refractivity contribution in [2.45, 2.75) is 69.4 Å². The first-order valence-corrected chi connectivity index (χ1v) is 17.4. The fraction of sp³-hybridized carbons (Fsp3) is 0.526. The predicted molar refractivity (Wildman–Crippen MR) is 178 cm³/mol. The zero-order chi connectivity index (χ0) is 33.1. The minimum absolute atomic E-state index is 0.0125. The Morgan fingerprint density at radius 3 is 2.30 bits per heavy atom. The van der Waals surface area contributed by atoms with E-state index < -0.39 is 29.4 Å². The van der Waals surface area contributed by atoms with E-state index in [0.717, 1.165) is 37.7 Å². The number of carbonyl (C=O) groups is 2. The topological polar surface area (TPSA) is 80.3 Å². The molecule has 2 aliphatic heterocycles. The van der Waals surface area contributed by atoms with Gasteiger partial charge >= 0.3 is 11.9 Å². The zero-order valence-corrected chi connectivity index (χ0v) is 28.6. The van der Waals surface area contributed by atoms with Crippen LogP contribution in [0.15, 0.2) is 72.8 Å². The molecule has 4 fully saturated rings. The molecule has 0 amide bonds. The minimum Gasteiger partial charge on any atom is -0.462 e. The van der Waals surface area contributed by atoms with Crippen LogP contribution in [0, 0.1) is 35.0 Å². The maximum Gasteiger partial charge on any atom is 0.338 e. The molecule has 2 heterocycles. The van der Waals surface area contributed by atoms with Gasteiger partial charge in [-0.05, 0) is 115 Å². The summed E-state index contributed by atoms with van der Waals surface area (Å²) >= 11 is 12.0. The van der Waals surface area contributed by atoms with E-state index >= 15 is 0 Å². The number of methoxy groups -OCH3 is 1. The number of carbonyl (C=O) groups excluding carboxylic acids is 2. The summed E-state index contributed by atoms with van der Waals surface area (Å²) in [6.45, 7) is 9.72. The van der Waals surface area contributed by atoms with Gasteiger partial charge in [-0.15, -0.1) is 0 Å². The van der Waals surface area contributed by atoms with Gasteiger partial charge in [0.15, 0.2) is 6.10 Å². The largest absolute Gasteiger partial charge is 0.462 e. The second-order valence-electron chi connectivity index (χ2n) is 14.4. The van der Waals surface area contributed by atoms with Gasteiger partial charge in [0, 0.05) is 29.0 Å². The van der Waals surface area contributed by atoms with Crippen LogP contribution in [0.4, 0.5) is 0 Å². The van der Waals surface area contributed by atoms with Crippen LogP contribution in [0.1, 0.15) is 66.7 Å². The molecule has 1 saturated heterocycles. The van der Waals surface area contributed by atoms with E-state index in [2.05, 4.69) is 26.5 Å². The third-order valence-electron chi connectivity index (χ3n) is 12.2. The van der Waals surface area contributed by atoms with E-state index in [1.165, 1.54) is 0 Å². The monoisotopic (exact) mass is 680 g/mol. The van der Waals surface area contributed by atoms with Crippen molar-refractivity contribution >= 4 is 35.1 Å². The molecule has 7 rings (SSSR count). The Balaban J connectivity index is 1.11. The normalized spacial score (nSPS) is 37.2. The smallest absolute Gasteiger partial charge is 0.338 e. The Labute approximate surface area is 286 Å². The van der Waals surface area contributed by atoms with Crippen LogP contribution < -0.4 is 0 Å². The standard InChI is InChI=1S/C38H42Cl2O7/c1-22(20-44-34(41)24-5-9-26(39)10-6-24)28-13-14-31-36(28,3)17-16-32-37-18-15-30(46-35(42)25-7-11-27(40)12-8-25)33(47-37)23(2)29(37)19-38(31,32)45-21-43-4/h5-12,15,18,22,28-33H,2,13-14,16-17,19-21H2,1,3-4H3/t22-,28-,29-,30+,31-,32-,33+,36-,37+,38-/m1/s1. The van der Waals surface area contributed by atoms with E-state index in [9.17, 15) is 9.59 Å². The van der Waals surface area contributed by atoms with Crippen LogP contribution in [0.5, 0.6) is 0 Å². The molecule has 2 aromatic carbocycles. The number of rotatable bonds is 9. The van der Waals surface area contributed by atoms with Gasteiger partial charge in [-0.25, -0.2) is 9.59 Å². The molecule has 3 saturated carbocycles. The number of esters is 2. The molecule has 3 aliphatic carbocycles. The molecule has 250 valence electrons. The molecule has 0 unspecified atom stereocenters. The average molecular weight is 682 g/mol. The quantitative estimate of drug-likeness (QED) is 0.150. The lowest BCUT2D eigenvalue weighted by Crippen LogP contribution is -2.59. The van der Waals surface area contributed by atoms with E-state index in [1.54, 1.807) is 55.6 Å². The summed E-state index contributed by atoms with van der Waals surface area (Å²) < 4.78 is 31.2. The maximum atomic E-state index is 13.0. The van der Waals surface area contributed by atoms with Crippen molar-refractivity contribution in [1.82, 2.24) is 0 Å². The first-order valence-electron chi connectivity index (χ1n) is 16.6. The number of halogens is 2. The van der Waals surface area contributed by atoms with E-state index in [1.807, 2.05) is 6.08 Å². The first-order chi connectivity index (χ1) is 22.5. The molecule has 0 aromatic heterocycles. The molecule has 2 aromatic rings. The van der Waals surface area contributed by atoms with Gasteiger partial charge in [0.25, 0.3) is 0 Å². The minimum atomic E-state index is -0.572. The summed E-state index contributed by atoms with van der Waals surface area (Å²) in [7, 11) is 1.67. The van der Waals surface area contributed by atoms with Crippen molar-refractivity contribution in [3.63, 3.8) is 0 Å². The molecule has 2 bridgehead atoms. The molecular weight excluding hydrogens is 639 g/mol. The summed E-state index contributed by atoms with van der Waals surface area (Å²) in [5, 5.41) is 1.14. The average Bonchev–Trinajstić information content (AvgIpc) is 3.63. The molecule has 7 nitrogen and oxygen atoms in total. The number of fused-ring (bicyclic) bond motifs is 4. The lowest BCUT2D eigenvalue weighted by molar-refractivity contribution is -0.233. The lowest BCUT2D eigenvalue weighted by atomic mass is 9.54. The van der Waals surface area contributed by atoms with Crippen molar-refractivity contribution in [1.29, 1.82) is 0 Å². The number of benzene rings is 2. The van der Waals surface area contributed by atoms with Crippen LogP contribution >= 0.6 is 23.2 Å². The van der Waals surface area contributed by atoms with Gasteiger partial charge in [0.2, 0.25) is 0 Å². The van der Waals surface area contributed by atoms with Crippen molar-refractivity contribution in [2.24, 2.45) is 35.0 Å². The summed E-state index contributed by atoms with van der Waals surface area (Å²) in [6, 6.07) is 13.5. The van der Waals surface area contributed by atoms with Crippen LogP contribution in [-0.4, -0.2) is 55.9 Å². The van der Waals surface area contributed by atoms with Gasteiger partial charge in [0.05, 0.1) is 28.9 Å². The molecule has 0 radical (unpaired) electrons. The Hall–Kier alpha value is -2.68. The zero-order valence-electron chi connectivity index (χ0n) is 27.1. The SMILES string of the molecule is C=C1[C@H]2C[C@@]3(OCOC)[C@@H]4CC[C@H]([C@H](C)COC(=O)c5ccc(Cl)cc5)[C@@]4(C)CC[C@@H]3[C@]23C=C[C@H](OC(=O)c2ccc(Cl)cc2)[C@H]1O3. The Kier molecular flexibility index (Phi) is 8.62. The van der Waals surface area contributed by atoms with Gasteiger partial charge in [-0.2, -0.15) is 0 Å². The number of hydrogen-bond acceptors (Lipinski definition) is 7. The molecule has 47 heavy (non-hydrogen) atoms. The van der Waals surface area contributed by atoms with Crippen molar-refractivity contribution in [3.05, 3.63) is 94.0 Å². The highest BCUT2D eigenvalue weighted by Crippen LogP contribution is 2.72. The van der Waals surface area contributed by atoms with Crippen molar-refractivity contribution in [2.75, 3.05) is 20.5 Å². The summed E-state index contributed by atoms with van der Waals surface area (Å²) in [4.78, 5) is 25.8. The van der Waals surface area contributed by atoms with Gasteiger partial charge in [0.1, 0.15) is 12.9 Å². The molecule has 1 spiro atoms. The van der Waals surface area contributed by atoms with E-state index in [4.69, 9.17) is 46.9 Å². The fourth-order valence-corrected chi connectivity index (χ4v) is 10.4. The van der Waals surface area contributed by atoms with E-state index in [0.29, 0.717) is 33.7 Å². The Morgan fingerprint density at radius 1 is 0.979 bits per heavy atom. The highest BCUT2D eigenvalue weighted by atomic mass is 35.5. The third-order valence-corrected chi connectivity index (χ3v) is 12.7. The van der Waals surface area contributed by atoms with Gasteiger partial charge in [-0.3, -0.25) is 0 Å². The highest BCUT2D eigenvalue weighted by Gasteiger charge is 2.75. The lowest BCUT2D eigenvalue weighted by Gasteiger charge is -2.56. The fourth-order valence-electron chi connectivity index (χ4n) is 10.2. The summed E-state index contributed by atoms with van der Waals surface area (Å²) in [6.07, 6.45) is 7.92. The second-order valence-corrected chi connectivity index (χ2v) is 15.3. The van der Waals surface area contributed by atoms with Crippen LogP contribution in [0.25, 0.3) is 0 Å². The molecule has 5 aliphatic rings. The molecule has 0 N–H and O–H groups in total. The second kappa shape index (κ2) is 12.3. The van der Waals surface area contributed by atoms with Crippen LogP contribution in [-0.2, 0) is 23.7 Å². The third kappa shape index (κ3) is 5.28. The van der Waals surface area contributed by atoms with Crippen molar-refractivity contribution < 1.29 is 33.3 Å². The van der Waals surface area contributed by atoms with Crippen LogP contribution in [0.2, 0.25) is 10.0 Å². The first kappa shape index (κ1) is 32.8. The maximum absolute atomic E-state index is 13.0. The number of hydrogen-bond donors (Lipinski definition) is 0. The van der Waals surface area contributed by atoms with Crippen molar-refractivity contribution in [3.8, 4) is 0 Å². The highest BCUT2D eigenvalue weighted by molar-refractivity contribution is 6.31. The van der Waals surface area contributed by atoms with Crippen LogP contribution in [0.3, 0.4) is 0 Å².